The summed E-state index contributed by atoms with van der Waals surface area (Å²) in [6.07, 6.45) is 2.36. The Morgan fingerprint density at radius 1 is 1.00 bits per heavy atom. The molecule has 4 rings (SSSR count). The molecule has 3 amide bonds. The molecule has 0 saturated carbocycles. The molecule has 158 valence electrons. The molecule has 0 spiro atoms. The van der Waals surface area contributed by atoms with E-state index in [4.69, 9.17) is 11.6 Å². The number of carbonyl (C=O) groups is 3. The van der Waals surface area contributed by atoms with Crippen LogP contribution in [0, 0.1) is 0 Å². The number of nitrogens with one attached hydrogen (secondary N) is 2. The summed E-state index contributed by atoms with van der Waals surface area (Å²) >= 11 is 6.01. The number of anilines is 1. The SMILES string of the molecule is O=C(CCCN1C(=O)c2ccccc2C1=O)NCCNc1ccnc2cc(Cl)ccc12. The number of amides is 3. The summed E-state index contributed by atoms with van der Waals surface area (Å²) in [7, 11) is 0. The molecule has 0 saturated heterocycles. The Hall–Kier alpha value is -3.45. The Balaban J connectivity index is 1.20. The largest absolute Gasteiger partial charge is 0.383 e. The fraction of sp³-hybridized carbons (Fsp3) is 0.217. The van der Waals surface area contributed by atoms with Crippen LogP contribution < -0.4 is 10.6 Å². The van der Waals surface area contributed by atoms with Gasteiger partial charge in [-0.1, -0.05) is 23.7 Å². The zero-order valence-corrected chi connectivity index (χ0v) is 17.5. The Kier molecular flexibility index (Phi) is 6.13. The van der Waals surface area contributed by atoms with Gasteiger partial charge in [0, 0.05) is 48.3 Å². The molecule has 31 heavy (non-hydrogen) atoms. The minimum absolute atomic E-state index is 0.121. The maximum Gasteiger partial charge on any atom is 0.261 e. The van der Waals surface area contributed by atoms with Crippen molar-refractivity contribution in [3.8, 4) is 0 Å². The molecule has 0 radical (unpaired) electrons. The predicted molar refractivity (Wildman–Crippen MR) is 119 cm³/mol. The van der Waals surface area contributed by atoms with Crippen LogP contribution in [0.3, 0.4) is 0 Å². The van der Waals surface area contributed by atoms with Gasteiger partial charge in [-0.25, -0.2) is 0 Å². The van der Waals surface area contributed by atoms with Gasteiger partial charge in [-0.15, -0.1) is 0 Å². The molecule has 3 aromatic rings. The minimum atomic E-state index is -0.295. The standard InChI is InChI=1S/C23H21ClN4O3/c24-15-7-8-18-19(9-10-25-20(18)14-15)26-11-12-27-21(29)6-3-13-28-22(30)16-4-1-2-5-17(16)23(28)31/h1-2,4-5,7-10,14H,3,6,11-13H2,(H,25,26)(H,27,29). The number of imide groups is 1. The highest BCUT2D eigenvalue weighted by Crippen LogP contribution is 2.24. The summed E-state index contributed by atoms with van der Waals surface area (Å²) in [6.45, 7) is 1.22. The molecule has 0 atom stereocenters. The molecule has 0 unspecified atom stereocenters. The summed E-state index contributed by atoms with van der Waals surface area (Å²) in [4.78, 5) is 42.3. The normalized spacial score (nSPS) is 12.9. The third-order valence-electron chi connectivity index (χ3n) is 5.13. The van der Waals surface area contributed by atoms with E-state index in [0.717, 1.165) is 16.6 Å². The van der Waals surface area contributed by atoms with E-state index in [9.17, 15) is 14.4 Å². The van der Waals surface area contributed by atoms with Crippen molar-refractivity contribution >= 4 is 45.9 Å². The van der Waals surface area contributed by atoms with Gasteiger partial charge in [-0.2, -0.15) is 0 Å². The van der Waals surface area contributed by atoms with Crippen LogP contribution in [-0.2, 0) is 4.79 Å². The van der Waals surface area contributed by atoms with Crippen molar-refractivity contribution in [3.63, 3.8) is 0 Å². The second-order valence-electron chi connectivity index (χ2n) is 7.21. The molecular weight excluding hydrogens is 416 g/mol. The van der Waals surface area contributed by atoms with E-state index >= 15 is 0 Å². The van der Waals surface area contributed by atoms with Crippen molar-refractivity contribution in [3.05, 3.63) is 70.9 Å². The number of hydrogen-bond acceptors (Lipinski definition) is 5. The lowest BCUT2D eigenvalue weighted by Gasteiger charge is -2.13. The third-order valence-corrected chi connectivity index (χ3v) is 5.37. The highest BCUT2D eigenvalue weighted by Gasteiger charge is 2.34. The Labute approximate surface area is 184 Å². The Bertz CT molecular complexity index is 1130. The summed E-state index contributed by atoms with van der Waals surface area (Å²) in [5, 5.41) is 7.73. The summed E-state index contributed by atoms with van der Waals surface area (Å²) < 4.78 is 0. The maximum atomic E-state index is 12.3. The minimum Gasteiger partial charge on any atom is -0.383 e. The van der Waals surface area contributed by atoms with E-state index < -0.39 is 0 Å². The number of halogens is 1. The van der Waals surface area contributed by atoms with Gasteiger partial charge in [0.1, 0.15) is 0 Å². The van der Waals surface area contributed by atoms with E-state index in [1.165, 1.54) is 4.90 Å². The van der Waals surface area contributed by atoms with Gasteiger partial charge in [0.25, 0.3) is 11.8 Å². The number of pyridine rings is 1. The van der Waals surface area contributed by atoms with Crippen molar-refractivity contribution in [1.29, 1.82) is 0 Å². The first-order chi connectivity index (χ1) is 15.0. The molecular formula is C23H21ClN4O3. The molecule has 2 aromatic carbocycles. The highest BCUT2D eigenvalue weighted by molar-refractivity contribution is 6.31. The summed E-state index contributed by atoms with van der Waals surface area (Å²) in [6, 6.07) is 14.2. The first-order valence-electron chi connectivity index (χ1n) is 10.0. The first kappa shape index (κ1) is 20.8. The Morgan fingerprint density at radius 3 is 2.48 bits per heavy atom. The van der Waals surface area contributed by atoms with Crippen molar-refractivity contribution in [2.24, 2.45) is 0 Å². The van der Waals surface area contributed by atoms with E-state index in [1.54, 1.807) is 36.5 Å². The molecule has 0 bridgehead atoms. The van der Waals surface area contributed by atoms with Crippen LogP contribution in [0.2, 0.25) is 5.02 Å². The monoisotopic (exact) mass is 436 g/mol. The lowest BCUT2D eigenvalue weighted by Crippen LogP contribution is -2.33. The number of fused-ring (bicyclic) bond motifs is 2. The van der Waals surface area contributed by atoms with Crippen LogP contribution in [0.5, 0.6) is 0 Å². The van der Waals surface area contributed by atoms with Gasteiger partial charge >= 0.3 is 0 Å². The van der Waals surface area contributed by atoms with Crippen LogP contribution in [0.15, 0.2) is 54.7 Å². The first-order valence-corrected chi connectivity index (χ1v) is 10.4. The second-order valence-corrected chi connectivity index (χ2v) is 7.64. The van der Waals surface area contributed by atoms with Gasteiger partial charge < -0.3 is 10.6 Å². The quantitative estimate of drug-likeness (QED) is 0.416. The zero-order valence-electron chi connectivity index (χ0n) is 16.7. The molecule has 2 heterocycles. The van der Waals surface area contributed by atoms with E-state index in [-0.39, 0.29) is 30.7 Å². The number of rotatable bonds is 8. The van der Waals surface area contributed by atoms with Crippen molar-refractivity contribution in [1.82, 2.24) is 15.2 Å². The fourth-order valence-electron chi connectivity index (χ4n) is 3.60. The van der Waals surface area contributed by atoms with Crippen molar-refractivity contribution in [2.75, 3.05) is 25.0 Å². The molecule has 1 aromatic heterocycles. The van der Waals surface area contributed by atoms with Crippen LogP contribution >= 0.6 is 11.6 Å². The maximum absolute atomic E-state index is 12.3. The average Bonchev–Trinajstić information content (AvgIpc) is 3.01. The van der Waals surface area contributed by atoms with E-state index in [1.807, 2.05) is 18.2 Å². The van der Waals surface area contributed by atoms with Gasteiger partial charge in [-0.3, -0.25) is 24.3 Å². The topological polar surface area (TPSA) is 91.4 Å². The van der Waals surface area contributed by atoms with Crippen LogP contribution in [0.1, 0.15) is 33.6 Å². The van der Waals surface area contributed by atoms with Crippen LogP contribution in [0.4, 0.5) is 5.69 Å². The highest BCUT2D eigenvalue weighted by atomic mass is 35.5. The molecule has 2 N–H and O–H groups in total. The lowest BCUT2D eigenvalue weighted by molar-refractivity contribution is -0.121. The Morgan fingerprint density at radius 2 is 1.74 bits per heavy atom. The number of aromatic nitrogens is 1. The summed E-state index contributed by atoms with van der Waals surface area (Å²) in [5.41, 5.74) is 2.57. The number of carbonyl (C=O) groups excluding carboxylic acids is 3. The van der Waals surface area contributed by atoms with E-state index in [2.05, 4.69) is 15.6 Å². The van der Waals surface area contributed by atoms with Crippen molar-refractivity contribution < 1.29 is 14.4 Å². The number of hydrogen-bond donors (Lipinski definition) is 2. The van der Waals surface area contributed by atoms with Gasteiger partial charge in [0.2, 0.25) is 5.91 Å². The molecule has 0 aliphatic carbocycles. The van der Waals surface area contributed by atoms with Crippen LogP contribution in [-0.4, -0.2) is 47.2 Å². The third kappa shape index (κ3) is 4.51. The van der Waals surface area contributed by atoms with Gasteiger partial charge in [-0.05, 0) is 42.8 Å². The summed E-state index contributed by atoms with van der Waals surface area (Å²) in [5.74, 6) is -0.711. The number of nitrogens with zero attached hydrogens (tertiary/aromatic N) is 2. The molecule has 8 heteroatoms. The molecule has 0 fully saturated rings. The van der Waals surface area contributed by atoms with Crippen LogP contribution in [0.25, 0.3) is 10.9 Å². The van der Waals surface area contributed by atoms with Gasteiger partial charge in [0.15, 0.2) is 0 Å². The van der Waals surface area contributed by atoms with Gasteiger partial charge in [0.05, 0.1) is 16.6 Å². The zero-order chi connectivity index (χ0) is 21.8. The second kappa shape index (κ2) is 9.14. The smallest absolute Gasteiger partial charge is 0.261 e. The van der Waals surface area contributed by atoms with Crippen molar-refractivity contribution in [2.45, 2.75) is 12.8 Å². The molecule has 1 aliphatic heterocycles. The lowest BCUT2D eigenvalue weighted by atomic mass is 10.1. The fourth-order valence-corrected chi connectivity index (χ4v) is 3.77. The number of benzene rings is 2. The molecule has 1 aliphatic rings. The molecule has 7 nitrogen and oxygen atoms in total. The van der Waals surface area contributed by atoms with E-state index in [0.29, 0.717) is 35.7 Å². The predicted octanol–water partition coefficient (Wildman–Crippen LogP) is 3.49. The average molecular weight is 437 g/mol.